The number of hydrogen-bond acceptors (Lipinski definition) is 3. The Balaban J connectivity index is 1.85. The molecule has 0 aromatic heterocycles. The molecule has 1 saturated carbocycles. The maximum Gasteiger partial charge on any atom is 0.222 e. The van der Waals surface area contributed by atoms with Crippen molar-refractivity contribution in [3.05, 3.63) is 29.8 Å². The fraction of sp³-hybridized carbons (Fsp3) is 0.588. The van der Waals surface area contributed by atoms with Gasteiger partial charge in [-0.3, -0.25) is 4.79 Å². The second-order valence-corrected chi connectivity index (χ2v) is 5.77. The first kappa shape index (κ1) is 15.8. The first-order chi connectivity index (χ1) is 10.1. The number of carbonyl (C=O) groups is 1. The third-order valence-corrected chi connectivity index (χ3v) is 4.37. The number of likely N-dealkylation sites (N-methyl/N-ethyl adjacent to an activating group) is 1. The Kier molecular flexibility index (Phi) is 5.62. The topological polar surface area (TPSA) is 49.8 Å². The van der Waals surface area contributed by atoms with Crippen LogP contribution in [0.1, 0.15) is 37.7 Å². The number of benzene rings is 1. The van der Waals surface area contributed by atoms with E-state index in [-0.39, 0.29) is 18.1 Å². The number of rotatable bonds is 5. The smallest absolute Gasteiger partial charge is 0.222 e. The van der Waals surface area contributed by atoms with E-state index in [1.165, 1.54) is 0 Å². The van der Waals surface area contributed by atoms with Crippen LogP contribution in [0.4, 0.5) is 0 Å². The normalized spacial score (nSPS) is 21.9. The van der Waals surface area contributed by atoms with Gasteiger partial charge in [0.1, 0.15) is 5.75 Å². The quantitative estimate of drug-likeness (QED) is 0.906. The number of nitrogens with zero attached hydrogens (tertiary/aromatic N) is 1. The second-order valence-electron chi connectivity index (χ2n) is 5.77. The molecule has 0 spiro atoms. The molecule has 1 fully saturated rings. The van der Waals surface area contributed by atoms with Gasteiger partial charge in [-0.15, -0.1) is 0 Å². The summed E-state index contributed by atoms with van der Waals surface area (Å²) in [6.45, 7) is 0. The molecule has 1 aromatic rings. The van der Waals surface area contributed by atoms with Gasteiger partial charge in [0.05, 0.1) is 19.3 Å². The number of amides is 1. The lowest BCUT2D eigenvalue weighted by Crippen LogP contribution is -2.46. The van der Waals surface area contributed by atoms with Crippen LogP contribution in [0.5, 0.6) is 5.75 Å². The van der Waals surface area contributed by atoms with Crippen molar-refractivity contribution in [2.24, 2.45) is 0 Å². The van der Waals surface area contributed by atoms with Gasteiger partial charge in [-0.05, 0) is 37.0 Å². The highest BCUT2D eigenvalue weighted by Gasteiger charge is 2.28. The molecule has 0 heterocycles. The molecule has 0 aliphatic heterocycles. The minimum absolute atomic E-state index is 0.0119. The maximum atomic E-state index is 12.3. The molecule has 0 saturated heterocycles. The summed E-state index contributed by atoms with van der Waals surface area (Å²) in [4.78, 5) is 14.0. The minimum atomic E-state index is -0.367. The third-order valence-electron chi connectivity index (χ3n) is 4.37. The number of hydrogen-bond donors (Lipinski definition) is 1. The summed E-state index contributed by atoms with van der Waals surface area (Å²) in [5.74, 6) is 0.935. The summed E-state index contributed by atoms with van der Waals surface area (Å²) < 4.78 is 5.12. The predicted molar refractivity (Wildman–Crippen MR) is 82.3 cm³/mol. The van der Waals surface area contributed by atoms with Crippen LogP contribution < -0.4 is 4.74 Å². The molecule has 4 heteroatoms. The van der Waals surface area contributed by atoms with Crippen molar-refractivity contribution in [1.29, 1.82) is 0 Å². The van der Waals surface area contributed by atoms with Crippen LogP contribution in [-0.4, -0.2) is 42.2 Å². The highest BCUT2D eigenvalue weighted by atomic mass is 16.5. The average molecular weight is 291 g/mol. The Labute approximate surface area is 126 Å². The standard InChI is InChI=1S/C17H25NO3/c1-18(15-5-3-4-6-16(15)19)17(20)12-9-13-7-10-14(21-2)11-8-13/h7-8,10-11,15-16,19H,3-6,9,12H2,1-2H3. The Hall–Kier alpha value is -1.55. The van der Waals surface area contributed by atoms with Crippen molar-refractivity contribution < 1.29 is 14.6 Å². The molecule has 4 nitrogen and oxygen atoms in total. The number of aryl methyl sites for hydroxylation is 1. The van der Waals surface area contributed by atoms with Crippen LogP contribution in [0.3, 0.4) is 0 Å². The molecule has 1 aliphatic rings. The van der Waals surface area contributed by atoms with Crippen molar-refractivity contribution in [3.8, 4) is 5.75 Å². The molecule has 2 unspecified atom stereocenters. The molecule has 1 aliphatic carbocycles. The van der Waals surface area contributed by atoms with E-state index in [1.54, 1.807) is 12.0 Å². The molecule has 1 N–H and O–H groups in total. The fourth-order valence-corrected chi connectivity index (χ4v) is 2.95. The van der Waals surface area contributed by atoms with Crippen LogP contribution in [0.15, 0.2) is 24.3 Å². The number of carbonyl (C=O) groups excluding carboxylic acids is 1. The van der Waals surface area contributed by atoms with E-state index in [0.29, 0.717) is 6.42 Å². The van der Waals surface area contributed by atoms with Crippen LogP contribution in [0, 0.1) is 0 Å². The van der Waals surface area contributed by atoms with Gasteiger partial charge in [0.15, 0.2) is 0 Å². The number of methoxy groups -OCH3 is 1. The van der Waals surface area contributed by atoms with Gasteiger partial charge in [-0.1, -0.05) is 25.0 Å². The van der Waals surface area contributed by atoms with Crippen LogP contribution >= 0.6 is 0 Å². The number of aliphatic hydroxyl groups is 1. The van der Waals surface area contributed by atoms with Crippen molar-refractivity contribution >= 4 is 5.91 Å². The molecular weight excluding hydrogens is 266 g/mol. The van der Waals surface area contributed by atoms with Gasteiger partial charge in [-0.2, -0.15) is 0 Å². The molecular formula is C17H25NO3. The zero-order chi connectivity index (χ0) is 15.2. The minimum Gasteiger partial charge on any atom is -0.497 e. The van der Waals surface area contributed by atoms with Crippen LogP contribution in [0.2, 0.25) is 0 Å². The Morgan fingerprint density at radius 3 is 2.57 bits per heavy atom. The van der Waals surface area contributed by atoms with Crippen LogP contribution in [0.25, 0.3) is 0 Å². The summed E-state index contributed by atoms with van der Waals surface area (Å²) in [6.07, 6.45) is 4.70. The monoisotopic (exact) mass is 291 g/mol. The first-order valence-electron chi connectivity index (χ1n) is 7.68. The Morgan fingerprint density at radius 2 is 1.95 bits per heavy atom. The van der Waals surface area contributed by atoms with Crippen molar-refractivity contribution in [1.82, 2.24) is 4.90 Å². The average Bonchev–Trinajstić information content (AvgIpc) is 2.53. The Bertz CT molecular complexity index is 458. The van der Waals surface area contributed by atoms with E-state index in [9.17, 15) is 9.90 Å². The van der Waals surface area contributed by atoms with Crippen LogP contribution in [-0.2, 0) is 11.2 Å². The number of aliphatic hydroxyl groups excluding tert-OH is 1. The largest absolute Gasteiger partial charge is 0.497 e. The molecule has 0 radical (unpaired) electrons. The van der Waals surface area contributed by atoms with Crippen molar-refractivity contribution in [3.63, 3.8) is 0 Å². The molecule has 1 amide bonds. The summed E-state index contributed by atoms with van der Waals surface area (Å²) in [7, 11) is 3.46. The van der Waals surface area contributed by atoms with Crippen molar-refractivity contribution in [2.45, 2.75) is 50.7 Å². The van der Waals surface area contributed by atoms with E-state index in [4.69, 9.17) is 4.74 Å². The third kappa shape index (κ3) is 4.21. The van der Waals surface area contributed by atoms with Gasteiger partial charge in [0, 0.05) is 13.5 Å². The lowest BCUT2D eigenvalue weighted by Gasteiger charge is -2.35. The molecule has 0 bridgehead atoms. The van der Waals surface area contributed by atoms with E-state index < -0.39 is 0 Å². The lowest BCUT2D eigenvalue weighted by atomic mass is 9.91. The van der Waals surface area contributed by atoms with Crippen molar-refractivity contribution in [2.75, 3.05) is 14.2 Å². The zero-order valence-corrected chi connectivity index (χ0v) is 12.9. The summed E-state index contributed by atoms with van der Waals surface area (Å²) >= 11 is 0. The summed E-state index contributed by atoms with van der Waals surface area (Å²) in [5.41, 5.74) is 1.13. The van der Waals surface area contributed by atoms with Gasteiger partial charge in [0.2, 0.25) is 5.91 Å². The maximum absolute atomic E-state index is 12.3. The molecule has 2 rings (SSSR count). The van der Waals surface area contributed by atoms with E-state index in [0.717, 1.165) is 43.4 Å². The van der Waals surface area contributed by atoms with E-state index >= 15 is 0 Å². The van der Waals surface area contributed by atoms with Gasteiger partial charge in [-0.25, -0.2) is 0 Å². The van der Waals surface area contributed by atoms with Gasteiger partial charge >= 0.3 is 0 Å². The van der Waals surface area contributed by atoms with Gasteiger partial charge in [0.25, 0.3) is 0 Å². The van der Waals surface area contributed by atoms with Gasteiger partial charge < -0.3 is 14.7 Å². The molecule has 21 heavy (non-hydrogen) atoms. The fourth-order valence-electron chi connectivity index (χ4n) is 2.95. The highest BCUT2D eigenvalue weighted by Crippen LogP contribution is 2.23. The second kappa shape index (κ2) is 7.46. The zero-order valence-electron chi connectivity index (χ0n) is 12.9. The molecule has 1 aromatic carbocycles. The number of ether oxygens (including phenoxy) is 1. The molecule has 116 valence electrons. The first-order valence-corrected chi connectivity index (χ1v) is 7.68. The molecule has 2 atom stereocenters. The lowest BCUT2D eigenvalue weighted by molar-refractivity contribution is -0.135. The predicted octanol–water partition coefficient (Wildman–Crippen LogP) is 2.39. The van der Waals surface area contributed by atoms with E-state index in [2.05, 4.69) is 0 Å². The highest BCUT2D eigenvalue weighted by molar-refractivity contribution is 5.76. The van der Waals surface area contributed by atoms with E-state index in [1.807, 2.05) is 31.3 Å². The SMILES string of the molecule is COc1ccc(CCC(=O)N(C)C2CCCCC2O)cc1. The summed E-state index contributed by atoms with van der Waals surface area (Å²) in [5, 5.41) is 10.0. The Morgan fingerprint density at radius 1 is 1.29 bits per heavy atom. The summed E-state index contributed by atoms with van der Waals surface area (Å²) in [6, 6.07) is 7.79.